The smallest absolute Gasteiger partial charge is 0.311 e. The maximum Gasteiger partial charge on any atom is 0.311 e. The monoisotopic (exact) mass is 326 g/mol. The van der Waals surface area contributed by atoms with Crippen molar-refractivity contribution in [3.05, 3.63) is 58.3 Å². The number of carbonyl (C=O) groups is 1. The second-order valence-electron chi connectivity index (χ2n) is 5.88. The molecule has 7 heteroatoms. The lowest BCUT2D eigenvalue weighted by molar-refractivity contribution is -0.384. The van der Waals surface area contributed by atoms with Gasteiger partial charge in [-0.15, -0.1) is 0 Å². The van der Waals surface area contributed by atoms with Gasteiger partial charge in [-0.2, -0.15) is 0 Å². The van der Waals surface area contributed by atoms with Gasteiger partial charge in [0, 0.05) is 23.9 Å². The number of pyridine rings is 1. The molecule has 1 heterocycles. The number of carbonyl (C=O) groups excluding carboxylic acids is 1. The Morgan fingerprint density at radius 3 is 2.62 bits per heavy atom. The summed E-state index contributed by atoms with van der Waals surface area (Å²) in [5.41, 5.74) is 1.64. The molecule has 1 amide bonds. The van der Waals surface area contributed by atoms with Crippen LogP contribution >= 0.6 is 0 Å². The van der Waals surface area contributed by atoms with Gasteiger partial charge in [0.2, 0.25) is 11.7 Å². The normalized spacial score (nSPS) is 14.7. The Bertz CT molecular complexity index is 757. The lowest BCUT2D eigenvalue weighted by Crippen LogP contribution is -2.13. The lowest BCUT2D eigenvalue weighted by atomic mass is 10.1. The Labute approximate surface area is 139 Å². The Balaban J connectivity index is 1.68. The molecule has 1 aliphatic rings. The van der Waals surface area contributed by atoms with Gasteiger partial charge < -0.3 is 10.6 Å². The molecular weight excluding hydrogens is 308 g/mol. The minimum Gasteiger partial charge on any atom is -0.358 e. The van der Waals surface area contributed by atoms with Crippen LogP contribution < -0.4 is 10.6 Å². The third-order valence-corrected chi connectivity index (χ3v) is 3.96. The van der Waals surface area contributed by atoms with Crippen LogP contribution in [0.2, 0.25) is 0 Å². The van der Waals surface area contributed by atoms with E-state index in [-0.39, 0.29) is 29.4 Å². The molecule has 1 atom stereocenters. The summed E-state index contributed by atoms with van der Waals surface area (Å²) in [6, 6.07) is 10.2. The maximum atomic E-state index is 11.7. The predicted octanol–water partition coefficient (Wildman–Crippen LogP) is 3.51. The fourth-order valence-electron chi connectivity index (χ4n) is 2.39. The fraction of sp³-hybridized carbons (Fsp3) is 0.294. The van der Waals surface area contributed by atoms with Gasteiger partial charge in [-0.25, -0.2) is 4.98 Å². The minimum atomic E-state index is -0.460. The third kappa shape index (κ3) is 3.68. The number of anilines is 2. The van der Waals surface area contributed by atoms with Gasteiger partial charge in [0.1, 0.15) is 0 Å². The molecule has 1 aliphatic carbocycles. The molecule has 124 valence electrons. The molecule has 2 aromatic rings. The lowest BCUT2D eigenvalue weighted by Gasteiger charge is -2.15. The fourth-order valence-corrected chi connectivity index (χ4v) is 2.39. The van der Waals surface area contributed by atoms with Gasteiger partial charge in [0.25, 0.3) is 0 Å². The van der Waals surface area contributed by atoms with E-state index in [1.54, 1.807) is 0 Å². The Hall–Kier alpha value is -2.96. The molecule has 0 unspecified atom stereocenters. The minimum absolute atomic E-state index is 0.0577. The largest absolute Gasteiger partial charge is 0.358 e. The van der Waals surface area contributed by atoms with Crippen molar-refractivity contribution in [2.45, 2.75) is 25.8 Å². The van der Waals surface area contributed by atoms with Crippen LogP contribution in [0.5, 0.6) is 0 Å². The van der Waals surface area contributed by atoms with Crippen LogP contribution in [0.15, 0.2) is 42.6 Å². The number of amides is 1. The molecule has 1 fully saturated rings. The quantitative estimate of drug-likeness (QED) is 0.625. The zero-order chi connectivity index (χ0) is 17.1. The first kappa shape index (κ1) is 15.9. The van der Waals surface area contributed by atoms with Gasteiger partial charge in [0.15, 0.2) is 0 Å². The summed E-state index contributed by atoms with van der Waals surface area (Å²) in [7, 11) is 0. The standard InChI is InChI=1S/C17H18N4O3/c1-11(19-16-15(21(23)24)3-2-10-18-16)12-6-8-14(9-7-12)20-17(22)13-4-5-13/h2-3,6-11,13H,4-5H2,1H3,(H,18,19)(H,20,22)/t11-/m0/s1. The summed E-state index contributed by atoms with van der Waals surface area (Å²) in [5, 5.41) is 17.0. The number of benzene rings is 1. The number of nitro groups is 1. The van der Waals surface area contributed by atoms with Crippen molar-refractivity contribution in [2.75, 3.05) is 10.6 Å². The number of hydrogen-bond donors (Lipinski definition) is 2. The number of nitrogens with zero attached hydrogens (tertiary/aromatic N) is 2. The van der Waals surface area contributed by atoms with E-state index in [1.807, 2.05) is 31.2 Å². The van der Waals surface area contributed by atoms with Crippen molar-refractivity contribution in [3.63, 3.8) is 0 Å². The van der Waals surface area contributed by atoms with E-state index >= 15 is 0 Å². The number of hydrogen-bond acceptors (Lipinski definition) is 5. The van der Waals surface area contributed by atoms with E-state index in [0.717, 1.165) is 24.1 Å². The summed E-state index contributed by atoms with van der Waals surface area (Å²) in [6.45, 7) is 1.90. The molecule has 24 heavy (non-hydrogen) atoms. The van der Waals surface area contributed by atoms with Crippen molar-refractivity contribution in [1.29, 1.82) is 0 Å². The van der Waals surface area contributed by atoms with Crippen LogP contribution in [0.1, 0.15) is 31.4 Å². The molecule has 2 N–H and O–H groups in total. The first-order valence-electron chi connectivity index (χ1n) is 7.81. The van der Waals surface area contributed by atoms with Crippen LogP contribution in [0.25, 0.3) is 0 Å². The van der Waals surface area contributed by atoms with Crippen molar-refractivity contribution in [1.82, 2.24) is 4.98 Å². The first-order valence-corrected chi connectivity index (χ1v) is 7.81. The van der Waals surface area contributed by atoms with Crippen LogP contribution in [0.3, 0.4) is 0 Å². The van der Waals surface area contributed by atoms with Crippen LogP contribution in [-0.4, -0.2) is 15.8 Å². The maximum absolute atomic E-state index is 11.7. The molecule has 1 saturated carbocycles. The Morgan fingerprint density at radius 1 is 1.29 bits per heavy atom. The molecule has 0 bridgehead atoms. The summed E-state index contributed by atoms with van der Waals surface area (Å²) in [6.07, 6.45) is 3.44. The van der Waals surface area contributed by atoms with E-state index in [4.69, 9.17) is 0 Å². The molecule has 0 radical (unpaired) electrons. The summed E-state index contributed by atoms with van der Waals surface area (Å²) >= 11 is 0. The molecule has 0 spiro atoms. The van der Waals surface area contributed by atoms with E-state index in [1.165, 1.54) is 18.3 Å². The molecule has 3 rings (SSSR count). The zero-order valence-corrected chi connectivity index (χ0v) is 13.2. The van der Waals surface area contributed by atoms with Crippen molar-refractivity contribution >= 4 is 23.1 Å². The number of aromatic nitrogens is 1. The van der Waals surface area contributed by atoms with E-state index < -0.39 is 4.92 Å². The van der Waals surface area contributed by atoms with Crippen LogP contribution in [0.4, 0.5) is 17.2 Å². The highest BCUT2D eigenvalue weighted by Gasteiger charge is 2.29. The van der Waals surface area contributed by atoms with E-state index in [2.05, 4.69) is 15.6 Å². The van der Waals surface area contributed by atoms with Gasteiger partial charge in [0.05, 0.1) is 11.0 Å². The topological polar surface area (TPSA) is 97.2 Å². The SMILES string of the molecule is C[C@H](Nc1ncccc1[N+](=O)[O-])c1ccc(NC(=O)C2CC2)cc1. The third-order valence-electron chi connectivity index (χ3n) is 3.96. The molecule has 1 aromatic carbocycles. The van der Waals surface area contributed by atoms with E-state index in [0.29, 0.717) is 0 Å². The molecular formula is C17H18N4O3. The van der Waals surface area contributed by atoms with Crippen molar-refractivity contribution < 1.29 is 9.72 Å². The average molecular weight is 326 g/mol. The second-order valence-corrected chi connectivity index (χ2v) is 5.88. The summed E-state index contributed by atoms with van der Waals surface area (Å²) in [5.74, 6) is 0.467. The van der Waals surface area contributed by atoms with Gasteiger partial charge in [-0.3, -0.25) is 14.9 Å². The van der Waals surface area contributed by atoms with Crippen LogP contribution in [0, 0.1) is 16.0 Å². The average Bonchev–Trinajstić information content (AvgIpc) is 3.40. The summed E-state index contributed by atoms with van der Waals surface area (Å²) in [4.78, 5) is 26.4. The highest BCUT2D eigenvalue weighted by atomic mass is 16.6. The summed E-state index contributed by atoms with van der Waals surface area (Å²) < 4.78 is 0. The molecule has 1 aromatic heterocycles. The molecule has 0 aliphatic heterocycles. The van der Waals surface area contributed by atoms with E-state index in [9.17, 15) is 14.9 Å². The number of nitrogens with one attached hydrogen (secondary N) is 2. The highest BCUT2D eigenvalue weighted by Crippen LogP contribution is 2.30. The second kappa shape index (κ2) is 6.66. The first-order chi connectivity index (χ1) is 11.5. The van der Waals surface area contributed by atoms with Crippen LogP contribution in [-0.2, 0) is 4.79 Å². The van der Waals surface area contributed by atoms with Gasteiger partial charge in [-0.1, -0.05) is 12.1 Å². The van der Waals surface area contributed by atoms with Gasteiger partial charge in [-0.05, 0) is 43.5 Å². The van der Waals surface area contributed by atoms with Crippen molar-refractivity contribution in [3.8, 4) is 0 Å². The highest BCUT2D eigenvalue weighted by molar-refractivity contribution is 5.94. The zero-order valence-electron chi connectivity index (χ0n) is 13.2. The predicted molar refractivity (Wildman–Crippen MR) is 90.7 cm³/mol. The Morgan fingerprint density at radius 2 is 2.00 bits per heavy atom. The van der Waals surface area contributed by atoms with Gasteiger partial charge >= 0.3 is 5.69 Å². The number of rotatable bonds is 6. The molecule has 0 saturated heterocycles. The molecule has 7 nitrogen and oxygen atoms in total. The Kier molecular flexibility index (Phi) is 4.41. The van der Waals surface area contributed by atoms with Crippen molar-refractivity contribution in [2.24, 2.45) is 5.92 Å².